The fourth-order valence-corrected chi connectivity index (χ4v) is 2.74. The normalized spacial score (nSPS) is 10.8. The maximum Gasteiger partial charge on any atom is 0.305 e. The van der Waals surface area contributed by atoms with E-state index in [4.69, 9.17) is 4.74 Å². The van der Waals surface area contributed by atoms with Gasteiger partial charge in [0.25, 0.3) is 5.56 Å². The largest absolute Gasteiger partial charge is 0.466 e. The van der Waals surface area contributed by atoms with E-state index < -0.39 is 0 Å². The number of nitrogens with zero attached hydrogens (tertiary/aromatic N) is 2. The number of benzene rings is 1. The summed E-state index contributed by atoms with van der Waals surface area (Å²) < 4.78 is 5.25. The summed E-state index contributed by atoms with van der Waals surface area (Å²) in [6.07, 6.45) is 6.59. The van der Waals surface area contributed by atoms with Crippen molar-refractivity contribution in [1.82, 2.24) is 15.0 Å². The van der Waals surface area contributed by atoms with Crippen LogP contribution in [-0.4, -0.2) is 27.5 Å². The molecule has 0 spiro atoms. The van der Waals surface area contributed by atoms with Crippen LogP contribution < -0.4 is 5.56 Å². The number of esters is 1. The number of rotatable bonds is 8. The molecular weight excluding hydrogens is 330 g/mol. The smallest absolute Gasteiger partial charge is 0.305 e. The summed E-state index contributed by atoms with van der Waals surface area (Å²) in [4.78, 5) is 35.0. The van der Waals surface area contributed by atoms with Crippen molar-refractivity contribution in [3.63, 3.8) is 0 Å². The molecule has 3 rings (SSSR count). The van der Waals surface area contributed by atoms with Crippen LogP contribution in [0.2, 0.25) is 0 Å². The number of para-hydroxylation sites is 1. The van der Waals surface area contributed by atoms with Crippen LogP contribution in [0.4, 0.5) is 0 Å². The Kier molecular flexibility index (Phi) is 6.09. The molecule has 0 bridgehead atoms. The molecule has 6 nitrogen and oxygen atoms in total. The lowest BCUT2D eigenvalue weighted by molar-refractivity contribution is -0.143. The van der Waals surface area contributed by atoms with Gasteiger partial charge in [0.1, 0.15) is 5.82 Å². The Morgan fingerprint density at radius 2 is 1.85 bits per heavy atom. The van der Waals surface area contributed by atoms with Gasteiger partial charge in [-0.2, -0.15) is 0 Å². The average molecular weight is 351 g/mol. The first-order chi connectivity index (χ1) is 12.7. The number of ether oxygens (including phenoxy) is 1. The van der Waals surface area contributed by atoms with E-state index in [0.717, 1.165) is 12.8 Å². The summed E-state index contributed by atoms with van der Waals surface area (Å²) in [5.74, 6) is 0.377. The SMILES string of the molecule is O=C(CCCc1nc2ccccc2c(=O)[nH]1)OCCCc1ccncc1. The summed E-state index contributed by atoms with van der Waals surface area (Å²) >= 11 is 0. The minimum Gasteiger partial charge on any atom is -0.466 e. The second-order valence-corrected chi connectivity index (χ2v) is 6.06. The van der Waals surface area contributed by atoms with Crippen LogP contribution in [0.5, 0.6) is 0 Å². The van der Waals surface area contributed by atoms with Gasteiger partial charge in [-0.1, -0.05) is 12.1 Å². The number of aromatic amines is 1. The number of hydrogen-bond donors (Lipinski definition) is 1. The van der Waals surface area contributed by atoms with Crippen molar-refractivity contribution in [3.05, 3.63) is 70.5 Å². The quantitative estimate of drug-likeness (QED) is 0.498. The lowest BCUT2D eigenvalue weighted by Gasteiger charge is -2.05. The number of hydrogen-bond acceptors (Lipinski definition) is 5. The summed E-state index contributed by atoms with van der Waals surface area (Å²) in [6, 6.07) is 11.1. The van der Waals surface area contributed by atoms with Crippen molar-refractivity contribution < 1.29 is 9.53 Å². The Balaban J connectivity index is 1.39. The van der Waals surface area contributed by atoms with Crippen molar-refractivity contribution in [3.8, 4) is 0 Å². The number of pyridine rings is 1. The first-order valence-electron chi connectivity index (χ1n) is 8.75. The summed E-state index contributed by atoms with van der Waals surface area (Å²) in [5.41, 5.74) is 1.71. The number of aromatic nitrogens is 3. The zero-order chi connectivity index (χ0) is 18.2. The fourth-order valence-electron chi connectivity index (χ4n) is 2.74. The Labute approximate surface area is 151 Å². The van der Waals surface area contributed by atoms with Crippen molar-refractivity contribution >= 4 is 16.9 Å². The second kappa shape index (κ2) is 8.89. The molecule has 0 saturated heterocycles. The van der Waals surface area contributed by atoms with E-state index in [1.807, 2.05) is 30.3 Å². The van der Waals surface area contributed by atoms with Crippen molar-refractivity contribution in [2.24, 2.45) is 0 Å². The first-order valence-corrected chi connectivity index (χ1v) is 8.75. The molecule has 1 aromatic carbocycles. The van der Waals surface area contributed by atoms with Gasteiger partial charge >= 0.3 is 5.97 Å². The third-order valence-corrected chi connectivity index (χ3v) is 4.08. The van der Waals surface area contributed by atoms with Gasteiger partial charge in [0.05, 0.1) is 17.5 Å². The Morgan fingerprint density at radius 3 is 2.69 bits per heavy atom. The highest BCUT2D eigenvalue weighted by molar-refractivity contribution is 5.77. The lowest BCUT2D eigenvalue weighted by atomic mass is 10.1. The van der Waals surface area contributed by atoms with E-state index in [0.29, 0.717) is 42.6 Å². The summed E-state index contributed by atoms with van der Waals surface area (Å²) in [7, 11) is 0. The molecule has 0 fully saturated rings. The van der Waals surface area contributed by atoms with Crippen LogP contribution in [0.15, 0.2) is 53.6 Å². The number of aryl methyl sites for hydroxylation is 2. The molecule has 0 saturated carbocycles. The van der Waals surface area contributed by atoms with E-state index in [1.165, 1.54) is 5.56 Å². The highest BCUT2D eigenvalue weighted by Crippen LogP contribution is 2.08. The van der Waals surface area contributed by atoms with Gasteiger partial charge in [0, 0.05) is 25.2 Å². The number of carbonyl (C=O) groups excluding carboxylic acids is 1. The third kappa shape index (κ3) is 4.99. The minimum atomic E-state index is -0.220. The predicted octanol–water partition coefficient (Wildman–Crippen LogP) is 2.82. The van der Waals surface area contributed by atoms with E-state index in [9.17, 15) is 9.59 Å². The molecule has 2 aromatic heterocycles. The molecule has 3 aromatic rings. The molecule has 0 aliphatic carbocycles. The Morgan fingerprint density at radius 1 is 1.04 bits per heavy atom. The number of fused-ring (bicyclic) bond motifs is 1. The molecule has 0 aliphatic rings. The van der Waals surface area contributed by atoms with Crippen LogP contribution in [-0.2, 0) is 22.4 Å². The number of nitrogens with one attached hydrogen (secondary N) is 1. The molecule has 134 valence electrons. The van der Waals surface area contributed by atoms with Crippen molar-refractivity contribution in [1.29, 1.82) is 0 Å². The second-order valence-electron chi connectivity index (χ2n) is 6.06. The highest BCUT2D eigenvalue weighted by Gasteiger charge is 2.06. The van der Waals surface area contributed by atoms with Gasteiger partial charge in [0.2, 0.25) is 0 Å². The Bertz CT molecular complexity index is 922. The van der Waals surface area contributed by atoms with Gasteiger partial charge in [-0.3, -0.25) is 14.6 Å². The molecule has 0 atom stereocenters. The molecular formula is C20H21N3O3. The summed E-state index contributed by atoms with van der Waals surface area (Å²) in [6.45, 7) is 0.409. The van der Waals surface area contributed by atoms with Gasteiger partial charge in [-0.25, -0.2) is 4.98 Å². The van der Waals surface area contributed by atoms with Gasteiger partial charge < -0.3 is 9.72 Å². The van der Waals surface area contributed by atoms with E-state index in [2.05, 4.69) is 15.0 Å². The van der Waals surface area contributed by atoms with Gasteiger partial charge in [-0.05, 0) is 49.1 Å². The predicted molar refractivity (Wildman–Crippen MR) is 98.8 cm³/mol. The van der Waals surface area contributed by atoms with Crippen LogP contribution in [0, 0.1) is 0 Å². The van der Waals surface area contributed by atoms with Crippen LogP contribution in [0.25, 0.3) is 10.9 Å². The molecule has 0 radical (unpaired) electrons. The van der Waals surface area contributed by atoms with E-state index >= 15 is 0 Å². The highest BCUT2D eigenvalue weighted by atomic mass is 16.5. The standard InChI is InChI=1S/C20H21N3O3/c24-19(26-14-4-5-15-10-12-21-13-11-15)9-3-8-18-22-17-7-2-1-6-16(17)20(25)23-18/h1-2,6-7,10-13H,3-5,8-9,14H2,(H,22,23,25). The average Bonchev–Trinajstić information content (AvgIpc) is 2.66. The molecule has 1 N–H and O–H groups in total. The summed E-state index contributed by atoms with van der Waals surface area (Å²) in [5, 5.41) is 0.574. The molecule has 6 heteroatoms. The first kappa shape index (κ1) is 17.8. The number of H-pyrrole nitrogens is 1. The monoisotopic (exact) mass is 351 g/mol. The topological polar surface area (TPSA) is 84.9 Å². The third-order valence-electron chi connectivity index (χ3n) is 4.08. The molecule has 0 amide bonds. The molecule has 2 heterocycles. The van der Waals surface area contributed by atoms with Crippen molar-refractivity contribution in [2.75, 3.05) is 6.61 Å². The van der Waals surface area contributed by atoms with Crippen LogP contribution >= 0.6 is 0 Å². The van der Waals surface area contributed by atoms with Gasteiger partial charge in [-0.15, -0.1) is 0 Å². The van der Waals surface area contributed by atoms with E-state index in [1.54, 1.807) is 18.5 Å². The maximum absolute atomic E-state index is 12.0. The van der Waals surface area contributed by atoms with Crippen LogP contribution in [0.1, 0.15) is 30.7 Å². The molecule has 0 aliphatic heterocycles. The Hall–Kier alpha value is -3.02. The minimum absolute atomic E-state index is 0.149. The van der Waals surface area contributed by atoms with E-state index in [-0.39, 0.29) is 11.5 Å². The fraction of sp³-hybridized carbons (Fsp3) is 0.300. The zero-order valence-corrected chi connectivity index (χ0v) is 14.5. The zero-order valence-electron chi connectivity index (χ0n) is 14.5. The number of carbonyl (C=O) groups is 1. The van der Waals surface area contributed by atoms with Crippen LogP contribution in [0.3, 0.4) is 0 Å². The van der Waals surface area contributed by atoms with Gasteiger partial charge in [0.15, 0.2) is 0 Å². The lowest BCUT2D eigenvalue weighted by Crippen LogP contribution is -2.12. The van der Waals surface area contributed by atoms with Crippen molar-refractivity contribution in [2.45, 2.75) is 32.1 Å². The molecule has 26 heavy (non-hydrogen) atoms. The molecule has 0 unspecified atom stereocenters. The maximum atomic E-state index is 12.0.